The maximum atomic E-state index is 6.23. The second-order valence-electron chi connectivity index (χ2n) is 12.6. The fourth-order valence-electron chi connectivity index (χ4n) is 7.51. The van der Waals surface area contributed by atoms with Crippen LogP contribution in [0.2, 0.25) is 0 Å². The van der Waals surface area contributed by atoms with Gasteiger partial charge in [0.05, 0.1) is 11.0 Å². The molecule has 0 bridgehead atoms. The van der Waals surface area contributed by atoms with Crippen LogP contribution in [0.3, 0.4) is 0 Å². The average Bonchev–Trinajstić information content (AvgIpc) is 3.71. The summed E-state index contributed by atoms with van der Waals surface area (Å²) in [6.07, 6.45) is 0. The Morgan fingerprint density at radius 1 is 0.388 bits per heavy atom. The molecule has 0 fully saturated rings. The van der Waals surface area contributed by atoms with Gasteiger partial charge < -0.3 is 13.9 Å². The van der Waals surface area contributed by atoms with Gasteiger partial charge in [0.25, 0.3) is 0 Å². The smallest absolute Gasteiger partial charge is 0.135 e. The minimum atomic E-state index is 0.886. The van der Waals surface area contributed by atoms with Gasteiger partial charge in [-0.05, 0) is 94.7 Å². The fourth-order valence-corrected chi connectivity index (χ4v) is 7.51. The SMILES string of the molecule is c1ccc(-c2ccc(N(c3ccc4oc5ccccc5c4c3)c3ccc4c(c3)c3c5ccccc5ccc3n4-c3ccccc3)cc2)cc1. The van der Waals surface area contributed by atoms with Crippen LogP contribution in [-0.4, -0.2) is 4.57 Å². The Labute approximate surface area is 283 Å². The first-order valence-corrected chi connectivity index (χ1v) is 16.7. The summed E-state index contributed by atoms with van der Waals surface area (Å²) in [5.41, 5.74) is 10.9. The van der Waals surface area contributed by atoms with Crippen LogP contribution in [-0.2, 0) is 0 Å². The Hall–Kier alpha value is -6.58. The molecular formula is C46H30N2O. The van der Waals surface area contributed by atoms with E-state index in [0.29, 0.717) is 0 Å². The lowest BCUT2D eigenvalue weighted by Gasteiger charge is -2.26. The van der Waals surface area contributed by atoms with E-state index in [2.05, 4.69) is 179 Å². The first kappa shape index (κ1) is 27.5. The molecule has 0 radical (unpaired) electrons. The predicted octanol–water partition coefficient (Wildman–Crippen LogP) is 13.0. The van der Waals surface area contributed by atoms with Gasteiger partial charge >= 0.3 is 0 Å². The van der Waals surface area contributed by atoms with Crippen molar-refractivity contribution in [3.63, 3.8) is 0 Å². The van der Waals surface area contributed by atoms with Crippen LogP contribution in [0.5, 0.6) is 0 Å². The van der Waals surface area contributed by atoms with Crippen LogP contribution in [0.25, 0.3) is 71.3 Å². The molecule has 230 valence electrons. The molecule has 10 aromatic rings. The van der Waals surface area contributed by atoms with Crippen LogP contribution in [0.4, 0.5) is 17.1 Å². The number of para-hydroxylation sites is 2. The third-order valence-corrected chi connectivity index (χ3v) is 9.76. The Balaban J connectivity index is 1.23. The van der Waals surface area contributed by atoms with E-state index in [1.807, 2.05) is 12.1 Å². The topological polar surface area (TPSA) is 21.3 Å². The maximum absolute atomic E-state index is 6.23. The quantitative estimate of drug-likeness (QED) is 0.190. The number of fused-ring (bicyclic) bond motifs is 8. The highest BCUT2D eigenvalue weighted by Gasteiger charge is 2.20. The summed E-state index contributed by atoms with van der Waals surface area (Å²) in [5.74, 6) is 0. The zero-order chi connectivity index (χ0) is 32.3. The molecular weight excluding hydrogens is 597 g/mol. The molecule has 0 aliphatic rings. The number of nitrogens with zero attached hydrogens (tertiary/aromatic N) is 2. The first-order chi connectivity index (χ1) is 24.3. The highest BCUT2D eigenvalue weighted by Crippen LogP contribution is 2.43. The molecule has 0 saturated heterocycles. The summed E-state index contributed by atoms with van der Waals surface area (Å²) >= 11 is 0. The molecule has 0 spiro atoms. The summed E-state index contributed by atoms with van der Waals surface area (Å²) in [6, 6.07) is 65.0. The second-order valence-corrected chi connectivity index (χ2v) is 12.6. The van der Waals surface area contributed by atoms with E-state index in [1.165, 1.54) is 43.7 Å². The molecule has 2 aromatic heterocycles. The predicted molar refractivity (Wildman–Crippen MR) is 206 cm³/mol. The zero-order valence-electron chi connectivity index (χ0n) is 26.6. The second kappa shape index (κ2) is 11.0. The van der Waals surface area contributed by atoms with Crippen molar-refractivity contribution in [2.45, 2.75) is 0 Å². The minimum Gasteiger partial charge on any atom is -0.456 e. The van der Waals surface area contributed by atoms with Crippen molar-refractivity contribution in [2.75, 3.05) is 4.90 Å². The van der Waals surface area contributed by atoms with E-state index in [4.69, 9.17) is 4.42 Å². The van der Waals surface area contributed by atoms with Gasteiger partial charge in [0.2, 0.25) is 0 Å². The highest BCUT2D eigenvalue weighted by atomic mass is 16.3. The summed E-state index contributed by atoms with van der Waals surface area (Å²) in [7, 11) is 0. The summed E-state index contributed by atoms with van der Waals surface area (Å²) in [4.78, 5) is 2.37. The Morgan fingerprint density at radius 2 is 0.980 bits per heavy atom. The number of benzene rings is 8. The normalized spacial score (nSPS) is 11.7. The monoisotopic (exact) mass is 626 g/mol. The van der Waals surface area contributed by atoms with Gasteiger partial charge in [0, 0.05) is 44.3 Å². The number of furan rings is 1. The van der Waals surface area contributed by atoms with Crippen LogP contribution >= 0.6 is 0 Å². The number of rotatable bonds is 5. The lowest BCUT2D eigenvalue weighted by atomic mass is 10.0. The van der Waals surface area contributed by atoms with Crippen LogP contribution in [0.1, 0.15) is 0 Å². The molecule has 0 saturated carbocycles. The highest BCUT2D eigenvalue weighted by molar-refractivity contribution is 6.22. The molecule has 2 heterocycles. The molecule has 0 unspecified atom stereocenters. The summed E-state index contributed by atoms with van der Waals surface area (Å²) in [6.45, 7) is 0. The summed E-state index contributed by atoms with van der Waals surface area (Å²) < 4.78 is 8.63. The largest absolute Gasteiger partial charge is 0.456 e. The lowest BCUT2D eigenvalue weighted by Crippen LogP contribution is -2.09. The van der Waals surface area contributed by atoms with E-state index in [9.17, 15) is 0 Å². The number of hydrogen-bond donors (Lipinski definition) is 0. The molecule has 0 aliphatic carbocycles. The minimum absolute atomic E-state index is 0.886. The van der Waals surface area contributed by atoms with E-state index >= 15 is 0 Å². The van der Waals surface area contributed by atoms with Gasteiger partial charge in [0.15, 0.2) is 0 Å². The van der Waals surface area contributed by atoms with Crippen molar-refractivity contribution in [3.8, 4) is 16.8 Å². The van der Waals surface area contributed by atoms with Gasteiger partial charge in [-0.15, -0.1) is 0 Å². The molecule has 0 amide bonds. The molecule has 8 aromatic carbocycles. The summed E-state index contributed by atoms with van der Waals surface area (Å²) in [5, 5.41) is 7.18. The Kier molecular flexibility index (Phi) is 6.18. The van der Waals surface area contributed by atoms with Crippen molar-refractivity contribution in [1.29, 1.82) is 0 Å². The Morgan fingerprint density at radius 3 is 1.80 bits per heavy atom. The van der Waals surface area contributed by atoms with Gasteiger partial charge in [-0.1, -0.05) is 109 Å². The third-order valence-electron chi connectivity index (χ3n) is 9.76. The number of aromatic nitrogens is 1. The number of anilines is 3. The van der Waals surface area contributed by atoms with Crippen molar-refractivity contribution in [2.24, 2.45) is 0 Å². The van der Waals surface area contributed by atoms with Crippen molar-refractivity contribution >= 4 is 71.6 Å². The van der Waals surface area contributed by atoms with Crippen LogP contribution in [0, 0.1) is 0 Å². The average molecular weight is 627 g/mol. The van der Waals surface area contributed by atoms with Crippen LogP contribution in [0.15, 0.2) is 186 Å². The van der Waals surface area contributed by atoms with Gasteiger partial charge in [-0.25, -0.2) is 0 Å². The number of hydrogen-bond acceptors (Lipinski definition) is 2. The first-order valence-electron chi connectivity index (χ1n) is 16.7. The zero-order valence-corrected chi connectivity index (χ0v) is 26.6. The van der Waals surface area contributed by atoms with E-state index in [0.717, 1.165) is 44.7 Å². The maximum Gasteiger partial charge on any atom is 0.135 e. The molecule has 3 nitrogen and oxygen atoms in total. The van der Waals surface area contributed by atoms with E-state index in [1.54, 1.807) is 0 Å². The molecule has 3 heteroatoms. The third kappa shape index (κ3) is 4.44. The lowest BCUT2D eigenvalue weighted by molar-refractivity contribution is 0.669. The molecule has 0 N–H and O–H groups in total. The standard InChI is InChI=1S/C46H30N2O/c1-3-11-31(12-4-1)32-19-22-35(23-20-32)47(37-25-28-45-40(29-37)39-17-9-10-18-44(39)49-45)36-24-27-42-41(30-36)46-38-16-8-7-13-33(38)21-26-43(46)48(42)34-14-5-2-6-15-34/h1-30H. The van der Waals surface area contributed by atoms with E-state index < -0.39 is 0 Å². The molecule has 0 atom stereocenters. The molecule has 49 heavy (non-hydrogen) atoms. The molecule has 0 aliphatic heterocycles. The van der Waals surface area contributed by atoms with E-state index in [-0.39, 0.29) is 0 Å². The van der Waals surface area contributed by atoms with Crippen molar-refractivity contribution in [1.82, 2.24) is 4.57 Å². The fraction of sp³-hybridized carbons (Fsp3) is 0. The van der Waals surface area contributed by atoms with Crippen molar-refractivity contribution < 1.29 is 4.42 Å². The Bertz CT molecular complexity index is 2810. The van der Waals surface area contributed by atoms with Gasteiger partial charge in [0.1, 0.15) is 11.2 Å². The molecule has 10 rings (SSSR count). The van der Waals surface area contributed by atoms with Gasteiger partial charge in [-0.2, -0.15) is 0 Å². The van der Waals surface area contributed by atoms with Crippen molar-refractivity contribution in [3.05, 3.63) is 182 Å². The van der Waals surface area contributed by atoms with Crippen LogP contribution < -0.4 is 4.90 Å². The van der Waals surface area contributed by atoms with Gasteiger partial charge in [-0.3, -0.25) is 0 Å².